The van der Waals surface area contributed by atoms with Crippen molar-refractivity contribution in [2.75, 3.05) is 13.2 Å². The molecule has 0 spiro atoms. The number of aliphatic hydroxyl groups is 1. The highest BCUT2D eigenvalue weighted by Gasteiger charge is 2.15. The summed E-state index contributed by atoms with van der Waals surface area (Å²) in [5, 5.41) is 9.51. The van der Waals surface area contributed by atoms with E-state index in [0.717, 1.165) is 70.6 Å². The molecule has 0 amide bonds. The third-order valence-electron chi connectivity index (χ3n) is 6.86. The molecule has 0 saturated carbocycles. The number of ether oxygens (including phenoxy) is 2. The Labute approximate surface area is 281 Å². The smallest absolute Gasteiger partial charge is 0.306 e. The summed E-state index contributed by atoms with van der Waals surface area (Å²) in [5.74, 6) is -0.718. The lowest BCUT2D eigenvalue weighted by Crippen LogP contribution is -2.28. The van der Waals surface area contributed by atoms with Crippen molar-refractivity contribution in [3.05, 3.63) is 97.2 Å². The summed E-state index contributed by atoms with van der Waals surface area (Å²) < 4.78 is 10.5. The van der Waals surface area contributed by atoms with Crippen LogP contribution < -0.4 is 0 Å². The lowest BCUT2D eigenvalue weighted by molar-refractivity contribution is -0.161. The van der Waals surface area contributed by atoms with Crippen molar-refractivity contribution in [3.63, 3.8) is 0 Å². The highest BCUT2D eigenvalue weighted by Crippen LogP contribution is 2.07. The van der Waals surface area contributed by atoms with E-state index >= 15 is 0 Å². The van der Waals surface area contributed by atoms with Crippen molar-refractivity contribution < 1.29 is 24.2 Å². The zero-order valence-electron chi connectivity index (χ0n) is 29.0. The van der Waals surface area contributed by atoms with Gasteiger partial charge in [0, 0.05) is 12.8 Å². The van der Waals surface area contributed by atoms with Gasteiger partial charge in [-0.1, -0.05) is 124 Å². The van der Waals surface area contributed by atoms with E-state index in [-0.39, 0.29) is 31.6 Å². The molecule has 0 aromatic heterocycles. The van der Waals surface area contributed by atoms with Gasteiger partial charge in [-0.05, 0) is 89.9 Å². The SMILES string of the molecule is CC/C=C/C/C=C/C/C=C/C/C=C/CCCCC(=O)OC[C@H](CO)OC(=O)CCC/C=C/C/C=C/C/C=C/C/C=C/CCCCC. The van der Waals surface area contributed by atoms with Crippen LogP contribution in [-0.4, -0.2) is 36.4 Å². The maximum Gasteiger partial charge on any atom is 0.306 e. The fraction of sp³-hybridized carbons (Fsp3) is 0.561. The number of carbonyl (C=O) groups excluding carboxylic acids is 2. The van der Waals surface area contributed by atoms with Crippen molar-refractivity contribution in [2.24, 2.45) is 0 Å². The first-order chi connectivity index (χ1) is 22.6. The Kier molecular flexibility index (Phi) is 33.8. The molecule has 258 valence electrons. The van der Waals surface area contributed by atoms with Gasteiger partial charge >= 0.3 is 11.9 Å². The van der Waals surface area contributed by atoms with Crippen molar-refractivity contribution in [2.45, 2.75) is 136 Å². The van der Waals surface area contributed by atoms with Gasteiger partial charge in [0.15, 0.2) is 6.10 Å². The number of hydrogen-bond acceptors (Lipinski definition) is 5. The summed E-state index contributed by atoms with van der Waals surface area (Å²) in [5.41, 5.74) is 0. The van der Waals surface area contributed by atoms with E-state index in [0.29, 0.717) is 12.8 Å². The summed E-state index contributed by atoms with van der Waals surface area (Å²) in [7, 11) is 0. The van der Waals surface area contributed by atoms with E-state index in [2.05, 4.69) is 111 Å². The number of carbonyl (C=O) groups is 2. The molecule has 0 aromatic carbocycles. The van der Waals surface area contributed by atoms with E-state index in [9.17, 15) is 14.7 Å². The number of unbranched alkanes of at least 4 members (excludes halogenated alkanes) is 6. The van der Waals surface area contributed by atoms with Crippen molar-refractivity contribution in [1.82, 2.24) is 0 Å². The maximum atomic E-state index is 12.1. The largest absolute Gasteiger partial charge is 0.462 e. The second-order valence-electron chi connectivity index (χ2n) is 11.2. The monoisotopic (exact) mass is 636 g/mol. The third kappa shape index (κ3) is 33.7. The molecule has 5 heteroatoms. The summed E-state index contributed by atoms with van der Waals surface area (Å²) in [6.45, 7) is 3.88. The maximum absolute atomic E-state index is 12.1. The van der Waals surface area contributed by atoms with E-state index in [1.807, 2.05) is 0 Å². The minimum atomic E-state index is -0.822. The molecule has 0 fully saturated rings. The van der Waals surface area contributed by atoms with Gasteiger partial charge in [0.1, 0.15) is 6.61 Å². The molecule has 46 heavy (non-hydrogen) atoms. The number of allylic oxidation sites excluding steroid dienone is 16. The Morgan fingerprint density at radius 1 is 0.522 bits per heavy atom. The van der Waals surface area contributed by atoms with Crippen LogP contribution in [0, 0.1) is 0 Å². The fourth-order valence-electron chi connectivity index (χ4n) is 4.18. The normalized spacial score (nSPS) is 13.4. The topological polar surface area (TPSA) is 72.8 Å². The first-order valence-electron chi connectivity index (χ1n) is 17.8. The van der Waals surface area contributed by atoms with Crippen LogP contribution >= 0.6 is 0 Å². The average Bonchev–Trinajstić information content (AvgIpc) is 3.06. The first-order valence-corrected chi connectivity index (χ1v) is 17.8. The molecule has 0 aliphatic heterocycles. The van der Waals surface area contributed by atoms with E-state index in [1.165, 1.54) is 25.7 Å². The Morgan fingerprint density at radius 2 is 0.935 bits per heavy atom. The quantitative estimate of drug-likeness (QED) is 0.0482. The minimum absolute atomic E-state index is 0.116. The predicted molar refractivity (Wildman–Crippen MR) is 195 cm³/mol. The number of aliphatic hydroxyl groups excluding tert-OH is 1. The van der Waals surface area contributed by atoms with Crippen LogP contribution in [0.2, 0.25) is 0 Å². The first kappa shape index (κ1) is 42.8. The van der Waals surface area contributed by atoms with Crippen molar-refractivity contribution in [1.29, 1.82) is 0 Å². The van der Waals surface area contributed by atoms with Gasteiger partial charge in [0.25, 0.3) is 0 Å². The summed E-state index contributed by atoms with van der Waals surface area (Å²) in [4.78, 5) is 24.1. The zero-order valence-corrected chi connectivity index (χ0v) is 29.0. The molecule has 0 bridgehead atoms. The Hall–Kier alpha value is -3.18. The highest BCUT2D eigenvalue weighted by atomic mass is 16.6. The Bertz CT molecular complexity index is 948. The molecule has 0 radical (unpaired) electrons. The van der Waals surface area contributed by atoms with Gasteiger partial charge in [-0.2, -0.15) is 0 Å². The summed E-state index contributed by atoms with van der Waals surface area (Å²) in [6.07, 6.45) is 50.4. The van der Waals surface area contributed by atoms with E-state index < -0.39 is 6.10 Å². The van der Waals surface area contributed by atoms with Crippen LogP contribution in [0.25, 0.3) is 0 Å². The average molecular weight is 637 g/mol. The Morgan fingerprint density at radius 3 is 1.39 bits per heavy atom. The molecular weight excluding hydrogens is 572 g/mol. The zero-order chi connectivity index (χ0) is 33.6. The lowest BCUT2D eigenvalue weighted by atomic mass is 10.2. The molecule has 0 aliphatic carbocycles. The van der Waals surface area contributed by atoms with Crippen LogP contribution in [0.5, 0.6) is 0 Å². The van der Waals surface area contributed by atoms with Crippen LogP contribution in [0.3, 0.4) is 0 Å². The van der Waals surface area contributed by atoms with Crippen molar-refractivity contribution in [3.8, 4) is 0 Å². The predicted octanol–water partition coefficient (Wildman–Crippen LogP) is 10.9. The fourth-order valence-corrected chi connectivity index (χ4v) is 4.18. The summed E-state index contributed by atoms with van der Waals surface area (Å²) >= 11 is 0. The van der Waals surface area contributed by atoms with Crippen LogP contribution in [0.15, 0.2) is 97.2 Å². The van der Waals surface area contributed by atoms with Crippen LogP contribution in [0.4, 0.5) is 0 Å². The number of hydrogen-bond donors (Lipinski definition) is 1. The van der Waals surface area contributed by atoms with E-state index in [4.69, 9.17) is 9.47 Å². The molecule has 0 saturated heterocycles. The molecule has 0 rings (SSSR count). The second kappa shape index (κ2) is 36.3. The molecule has 0 aromatic rings. The second-order valence-corrected chi connectivity index (χ2v) is 11.2. The van der Waals surface area contributed by atoms with Crippen LogP contribution in [-0.2, 0) is 19.1 Å². The molecular formula is C41H64O5. The van der Waals surface area contributed by atoms with Gasteiger partial charge in [-0.3, -0.25) is 9.59 Å². The lowest BCUT2D eigenvalue weighted by Gasteiger charge is -2.15. The van der Waals surface area contributed by atoms with Gasteiger partial charge < -0.3 is 14.6 Å². The standard InChI is InChI=1S/C41H64O5/c1-3-5-7-9-11-13-15-17-19-20-22-24-26-28-30-32-34-36-41(44)46-39(37-42)38-45-40(43)35-33-31-29-27-25-23-21-18-16-14-12-10-8-6-4-2/h6,8,11-14,17-19,21-22,24-25,27-28,30,39,42H,3-5,7,9-10,15-16,20,23,26,29,31-38H2,1-2H3/b8-6+,13-11+,14-12+,19-17+,21-18+,24-22+,27-25+,30-28+/t39-/m0/s1. The van der Waals surface area contributed by atoms with Gasteiger partial charge in [0.2, 0.25) is 0 Å². The molecule has 0 heterocycles. The molecule has 0 unspecified atom stereocenters. The highest BCUT2D eigenvalue weighted by molar-refractivity contribution is 5.70. The Balaban J connectivity index is 3.80. The molecule has 0 aliphatic rings. The van der Waals surface area contributed by atoms with E-state index in [1.54, 1.807) is 0 Å². The summed E-state index contributed by atoms with van der Waals surface area (Å²) in [6, 6.07) is 0. The number of esters is 2. The molecule has 1 N–H and O–H groups in total. The minimum Gasteiger partial charge on any atom is -0.462 e. The van der Waals surface area contributed by atoms with Gasteiger partial charge in [-0.25, -0.2) is 0 Å². The molecule has 5 nitrogen and oxygen atoms in total. The number of rotatable bonds is 30. The van der Waals surface area contributed by atoms with Crippen LogP contribution in [0.1, 0.15) is 129 Å². The third-order valence-corrected chi connectivity index (χ3v) is 6.86. The molecule has 1 atom stereocenters. The van der Waals surface area contributed by atoms with Crippen molar-refractivity contribution >= 4 is 11.9 Å². The van der Waals surface area contributed by atoms with Gasteiger partial charge in [-0.15, -0.1) is 0 Å². The van der Waals surface area contributed by atoms with Gasteiger partial charge in [0.05, 0.1) is 6.61 Å².